The lowest BCUT2D eigenvalue weighted by Gasteiger charge is -2.17. The predicted molar refractivity (Wildman–Crippen MR) is 114 cm³/mol. The topological polar surface area (TPSA) is 74.4 Å². The zero-order chi connectivity index (χ0) is 20.2. The number of nitrogens with one attached hydrogen (secondary N) is 2. The molecule has 2 amide bonds. The number of hydrogen-bond acceptors (Lipinski definition) is 4. The van der Waals surface area contributed by atoms with Gasteiger partial charge in [0.05, 0.1) is 18.7 Å². The molecule has 3 aromatic rings. The number of anilines is 2. The minimum absolute atomic E-state index is 0.136. The molecule has 4 rings (SSSR count). The van der Waals surface area contributed by atoms with Crippen molar-refractivity contribution >= 4 is 34.1 Å². The van der Waals surface area contributed by atoms with Crippen LogP contribution in [0.5, 0.6) is 5.75 Å². The van der Waals surface area contributed by atoms with E-state index in [0.717, 1.165) is 41.6 Å². The number of hydrogen-bond donors (Lipinski definition) is 2. The Morgan fingerprint density at radius 2 is 1.93 bits per heavy atom. The zero-order valence-electron chi connectivity index (χ0n) is 16.5. The van der Waals surface area contributed by atoms with Gasteiger partial charge in [-0.15, -0.1) is 0 Å². The highest BCUT2D eigenvalue weighted by molar-refractivity contribution is 6.23. The van der Waals surface area contributed by atoms with Gasteiger partial charge in [0.25, 0.3) is 5.91 Å². The van der Waals surface area contributed by atoms with Crippen LogP contribution in [0.2, 0.25) is 0 Å². The van der Waals surface area contributed by atoms with Gasteiger partial charge in [-0.05, 0) is 54.3 Å². The standard InChI is InChI=1S/C23H25N3O3/c1-2-3-4-13-29-19-9-7-18(8-10-19)26-22(27)15-21(23(26)28)25-17-6-5-16-11-12-24-20(16)14-17/h5-12,14,21,24-25H,2-4,13,15H2,1H3/t21-/m1/s1. The number of H-pyrrole nitrogens is 1. The summed E-state index contributed by atoms with van der Waals surface area (Å²) in [5.41, 5.74) is 2.37. The normalized spacial score (nSPS) is 16.6. The summed E-state index contributed by atoms with van der Waals surface area (Å²) in [4.78, 5) is 29.8. The summed E-state index contributed by atoms with van der Waals surface area (Å²) in [5, 5.41) is 4.30. The summed E-state index contributed by atoms with van der Waals surface area (Å²) >= 11 is 0. The van der Waals surface area contributed by atoms with Crippen molar-refractivity contribution in [1.29, 1.82) is 0 Å². The Hall–Kier alpha value is -3.28. The number of ether oxygens (including phenoxy) is 1. The molecular weight excluding hydrogens is 366 g/mol. The van der Waals surface area contributed by atoms with Crippen LogP contribution < -0.4 is 15.0 Å². The van der Waals surface area contributed by atoms with Crippen LogP contribution in [0.3, 0.4) is 0 Å². The molecule has 0 unspecified atom stereocenters. The van der Waals surface area contributed by atoms with E-state index in [-0.39, 0.29) is 18.2 Å². The molecule has 1 aliphatic heterocycles. The molecule has 0 spiro atoms. The van der Waals surface area contributed by atoms with Gasteiger partial charge in [-0.2, -0.15) is 0 Å². The van der Waals surface area contributed by atoms with Crippen LogP contribution in [0.25, 0.3) is 10.9 Å². The number of aromatic nitrogens is 1. The lowest BCUT2D eigenvalue weighted by molar-refractivity contribution is -0.121. The van der Waals surface area contributed by atoms with Crippen molar-refractivity contribution < 1.29 is 14.3 Å². The van der Waals surface area contributed by atoms with Crippen molar-refractivity contribution in [2.45, 2.75) is 38.6 Å². The molecule has 2 aromatic carbocycles. The lowest BCUT2D eigenvalue weighted by atomic mass is 10.2. The van der Waals surface area contributed by atoms with Crippen molar-refractivity contribution in [2.24, 2.45) is 0 Å². The molecule has 0 radical (unpaired) electrons. The monoisotopic (exact) mass is 391 g/mol. The SMILES string of the molecule is CCCCCOc1ccc(N2C(=O)C[C@@H](Nc3ccc4cc[nH]c4c3)C2=O)cc1. The molecule has 1 atom stereocenters. The van der Waals surface area contributed by atoms with Gasteiger partial charge in [-0.1, -0.05) is 25.8 Å². The van der Waals surface area contributed by atoms with Gasteiger partial charge in [-0.3, -0.25) is 9.59 Å². The Morgan fingerprint density at radius 3 is 2.72 bits per heavy atom. The first-order valence-corrected chi connectivity index (χ1v) is 10.1. The molecule has 6 heteroatoms. The Morgan fingerprint density at radius 1 is 1.10 bits per heavy atom. The van der Waals surface area contributed by atoms with Gasteiger partial charge in [0, 0.05) is 17.4 Å². The highest BCUT2D eigenvalue weighted by Crippen LogP contribution is 2.27. The summed E-state index contributed by atoms with van der Waals surface area (Å²) < 4.78 is 5.70. The Bertz CT molecular complexity index is 1010. The number of imide groups is 1. The summed E-state index contributed by atoms with van der Waals surface area (Å²) in [7, 11) is 0. The number of carbonyl (C=O) groups excluding carboxylic acids is 2. The second-order valence-electron chi connectivity index (χ2n) is 7.30. The van der Waals surface area contributed by atoms with Gasteiger partial charge < -0.3 is 15.0 Å². The van der Waals surface area contributed by atoms with Crippen molar-refractivity contribution in [3.63, 3.8) is 0 Å². The summed E-state index contributed by atoms with van der Waals surface area (Å²) in [6.45, 7) is 2.82. The largest absolute Gasteiger partial charge is 0.494 e. The maximum atomic E-state index is 12.9. The number of carbonyl (C=O) groups is 2. The molecule has 0 saturated carbocycles. The number of unbranched alkanes of at least 4 members (excludes halogenated alkanes) is 2. The molecule has 1 aromatic heterocycles. The van der Waals surface area contributed by atoms with Crippen LogP contribution in [-0.4, -0.2) is 29.4 Å². The van der Waals surface area contributed by atoms with Gasteiger partial charge in [0.2, 0.25) is 5.91 Å². The first-order valence-electron chi connectivity index (χ1n) is 10.1. The first-order chi connectivity index (χ1) is 14.2. The van der Waals surface area contributed by atoms with E-state index >= 15 is 0 Å². The van der Waals surface area contributed by atoms with Gasteiger partial charge in [0.1, 0.15) is 11.8 Å². The lowest BCUT2D eigenvalue weighted by Crippen LogP contribution is -2.34. The number of amides is 2. The van der Waals surface area contributed by atoms with Crippen molar-refractivity contribution in [2.75, 3.05) is 16.8 Å². The number of fused-ring (bicyclic) bond motifs is 1. The van der Waals surface area contributed by atoms with Crippen LogP contribution in [0, 0.1) is 0 Å². The maximum Gasteiger partial charge on any atom is 0.256 e. The van der Waals surface area contributed by atoms with Crippen LogP contribution in [-0.2, 0) is 9.59 Å². The minimum Gasteiger partial charge on any atom is -0.494 e. The Balaban J connectivity index is 1.42. The number of rotatable bonds is 8. The average Bonchev–Trinajstić information content (AvgIpc) is 3.30. The van der Waals surface area contributed by atoms with E-state index in [1.165, 1.54) is 4.90 Å². The van der Waals surface area contributed by atoms with Gasteiger partial charge >= 0.3 is 0 Å². The van der Waals surface area contributed by atoms with Crippen molar-refractivity contribution in [3.8, 4) is 5.75 Å². The third-order valence-corrected chi connectivity index (χ3v) is 5.15. The van der Waals surface area contributed by atoms with Crippen LogP contribution >= 0.6 is 0 Å². The third-order valence-electron chi connectivity index (χ3n) is 5.15. The van der Waals surface area contributed by atoms with Crippen LogP contribution in [0.4, 0.5) is 11.4 Å². The smallest absolute Gasteiger partial charge is 0.256 e. The molecule has 1 saturated heterocycles. The summed E-state index contributed by atoms with van der Waals surface area (Å²) in [6.07, 6.45) is 5.31. The van der Waals surface area contributed by atoms with Crippen molar-refractivity contribution in [1.82, 2.24) is 4.98 Å². The van der Waals surface area contributed by atoms with E-state index in [1.807, 2.05) is 42.6 Å². The highest BCUT2D eigenvalue weighted by Gasteiger charge is 2.39. The molecule has 0 bridgehead atoms. The Labute approximate surface area is 169 Å². The Kier molecular flexibility index (Phi) is 5.51. The molecule has 6 nitrogen and oxygen atoms in total. The van der Waals surface area contributed by atoms with Gasteiger partial charge in [-0.25, -0.2) is 4.90 Å². The average molecular weight is 391 g/mol. The fourth-order valence-corrected chi connectivity index (χ4v) is 3.59. The summed E-state index contributed by atoms with van der Waals surface area (Å²) in [6, 6.07) is 14.4. The molecule has 29 heavy (non-hydrogen) atoms. The van der Waals surface area contributed by atoms with E-state index in [0.29, 0.717) is 12.3 Å². The minimum atomic E-state index is -0.570. The summed E-state index contributed by atoms with van der Waals surface area (Å²) in [5.74, 6) is 0.307. The fourth-order valence-electron chi connectivity index (χ4n) is 3.59. The molecule has 2 heterocycles. The van der Waals surface area contributed by atoms with Crippen LogP contribution in [0.15, 0.2) is 54.7 Å². The molecule has 2 N–H and O–H groups in total. The molecular formula is C23H25N3O3. The third kappa shape index (κ3) is 4.11. The van der Waals surface area contributed by atoms with Crippen LogP contribution in [0.1, 0.15) is 32.6 Å². The number of nitrogens with zero attached hydrogens (tertiary/aromatic N) is 1. The molecule has 0 aliphatic carbocycles. The zero-order valence-corrected chi connectivity index (χ0v) is 16.5. The first kappa shape index (κ1) is 19.1. The second-order valence-corrected chi connectivity index (χ2v) is 7.30. The van der Waals surface area contributed by atoms with E-state index in [2.05, 4.69) is 17.2 Å². The quantitative estimate of drug-likeness (QED) is 0.439. The molecule has 1 aliphatic rings. The molecule has 1 fully saturated rings. The van der Waals surface area contributed by atoms with E-state index in [9.17, 15) is 9.59 Å². The fraction of sp³-hybridized carbons (Fsp3) is 0.304. The van der Waals surface area contributed by atoms with E-state index in [4.69, 9.17) is 4.74 Å². The maximum absolute atomic E-state index is 12.9. The van der Waals surface area contributed by atoms with E-state index < -0.39 is 6.04 Å². The molecule has 150 valence electrons. The van der Waals surface area contributed by atoms with Crippen molar-refractivity contribution in [3.05, 3.63) is 54.7 Å². The number of benzene rings is 2. The number of aromatic amines is 1. The predicted octanol–water partition coefficient (Wildman–Crippen LogP) is 4.48. The second kappa shape index (κ2) is 8.39. The van der Waals surface area contributed by atoms with E-state index in [1.54, 1.807) is 12.1 Å². The highest BCUT2D eigenvalue weighted by atomic mass is 16.5. The van der Waals surface area contributed by atoms with Gasteiger partial charge in [0.15, 0.2) is 0 Å².